The van der Waals surface area contributed by atoms with Crippen LogP contribution in [0.15, 0.2) is 10.9 Å². The van der Waals surface area contributed by atoms with Gasteiger partial charge in [-0.3, -0.25) is 9.89 Å². The number of nitrogens with one attached hydrogen (secondary N) is 1. The Bertz CT molecular complexity index is 621. The lowest BCUT2D eigenvalue weighted by Gasteiger charge is -2.13. The largest absolute Gasteiger partial charge is 0.293 e. The maximum atomic E-state index is 12.3. The van der Waals surface area contributed by atoms with E-state index in [2.05, 4.69) is 23.9 Å². The summed E-state index contributed by atoms with van der Waals surface area (Å²) >= 11 is 0. The number of aromatic amines is 1. The van der Waals surface area contributed by atoms with Crippen molar-refractivity contribution in [1.82, 2.24) is 14.6 Å². The maximum Gasteiger partial charge on any atom is 0.276 e. The van der Waals surface area contributed by atoms with Gasteiger partial charge in [-0.1, -0.05) is 13.8 Å². The standard InChI is InChI=1S/C13H17N3O/c1-8(2)11-7-12-14-10-6-4-3-5-9(10)13(17)16(12)15-11/h7-8,15H,3-6H2,1-2H3. The molecule has 2 aromatic heterocycles. The fraction of sp³-hybridized carbons (Fsp3) is 0.538. The quantitative estimate of drug-likeness (QED) is 0.816. The minimum absolute atomic E-state index is 0.0941. The zero-order valence-electron chi connectivity index (χ0n) is 10.3. The summed E-state index contributed by atoms with van der Waals surface area (Å²) in [5.41, 5.74) is 3.84. The first kappa shape index (κ1) is 10.6. The second-order valence-electron chi connectivity index (χ2n) is 5.11. The van der Waals surface area contributed by atoms with Crippen molar-refractivity contribution in [2.24, 2.45) is 0 Å². The third kappa shape index (κ3) is 1.59. The Labute approximate surface area is 99.7 Å². The highest BCUT2D eigenvalue weighted by Gasteiger charge is 2.17. The molecule has 0 saturated heterocycles. The normalized spacial score (nSPS) is 15.5. The van der Waals surface area contributed by atoms with Gasteiger partial charge < -0.3 is 0 Å². The van der Waals surface area contributed by atoms with Gasteiger partial charge in [-0.05, 0) is 31.6 Å². The lowest BCUT2D eigenvalue weighted by atomic mass is 9.97. The maximum absolute atomic E-state index is 12.3. The highest BCUT2D eigenvalue weighted by Crippen LogP contribution is 2.18. The number of hydrogen-bond donors (Lipinski definition) is 1. The van der Waals surface area contributed by atoms with E-state index in [1.807, 2.05) is 6.07 Å². The molecular weight excluding hydrogens is 214 g/mol. The molecule has 1 N–H and O–H groups in total. The average molecular weight is 231 g/mol. The van der Waals surface area contributed by atoms with Crippen molar-refractivity contribution in [1.29, 1.82) is 0 Å². The van der Waals surface area contributed by atoms with Crippen molar-refractivity contribution in [2.45, 2.75) is 45.4 Å². The monoisotopic (exact) mass is 231 g/mol. The molecule has 0 spiro atoms. The fourth-order valence-electron chi connectivity index (χ4n) is 2.47. The predicted octanol–water partition coefficient (Wildman–Crippen LogP) is 2.02. The molecule has 0 radical (unpaired) electrons. The van der Waals surface area contributed by atoms with E-state index in [1.165, 1.54) is 0 Å². The summed E-state index contributed by atoms with van der Waals surface area (Å²) in [7, 11) is 0. The molecule has 0 bridgehead atoms. The van der Waals surface area contributed by atoms with Gasteiger partial charge in [0.2, 0.25) is 0 Å². The summed E-state index contributed by atoms with van der Waals surface area (Å²) in [5, 5.41) is 3.16. The molecule has 17 heavy (non-hydrogen) atoms. The minimum atomic E-state index is 0.0941. The number of H-pyrrole nitrogens is 1. The first-order valence-corrected chi connectivity index (χ1v) is 6.30. The fourth-order valence-corrected chi connectivity index (χ4v) is 2.47. The molecule has 2 aromatic rings. The van der Waals surface area contributed by atoms with Crippen LogP contribution in [0.4, 0.5) is 0 Å². The Kier molecular flexibility index (Phi) is 2.31. The van der Waals surface area contributed by atoms with Crippen LogP contribution in [0.1, 0.15) is 49.6 Å². The molecule has 0 fully saturated rings. The zero-order chi connectivity index (χ0) is 12.0. The summed E-state index contributed by atoms with van der Waals surface area (Å²) in [6, 6.07) is 1.99. The Balaban J connectivity index is 2.29. The van der Waals surface area contributed by atoms with E-state index in [4.69, 9.17) is 0 Å². The van der Waals surface area contributed by atoms with Crippen molar-refractivity contribution < 1.29 is 0 Å². The average Bonchev–Trinajstić information content (AvgIpc) is 2.74. The van der Waals surface area contributed by atoms with Gasteiger partial charge in [-0.25, -0.2) is 9.50 Å². The van der Waals surface area contributed by atoms with Gasteiger partial charge in [0, 0.05) is 17.3 Å². The Morgan fingerprint density at radius 1 is 1.35 bits per heavy atom. The van der Waals surface area contributed by atoms with Crippen molar-refractivity contribution >= 4 is 5.65 Å². The summed E-state index contributed by atoms with van der Waals surface area (Å²) in [6.45, 7) is 4.21. The van der Waals surface area contributed by atoms with Crippen molar-refractivity contribution in [2.75, 3.05) is 0 Å². The summed E-state index contributed by atoms with van der Waals surface area (Å²) in [6.07, 6.45) is 4.08. The van der Waals surface area contributed by atoms with Crippen LogP contribution in [-0.2, 0) is 12.8 Å². The van der Waals surface area contributed by atoms with Crippen LogP contribution in [0.25, 0.3) is 5.65 Å². The first-order valence-electron chi connectivity index (χ1n) is 6.30. The van der Waals surface area contributed by atoms with Gasteiger partial charge >= 0.3 is 0 Å². The topological polar surface area (TPSA) is 50.2 Å². The van der Waals surface area contributed by atoms with Crippen LogP contribution in [0.5, 0.6) is 0 Å². The second-order valence-corrected chi connectivity index (χ2v) is 5.11. The third-order valence-electron chi connectivity index (χ3n) is 3.53. The van der Waals surface area contributed by atoms with Crippen LogP contribution < -0.4 is 5.56 Å². The van der Waals surface area contributed by atoms with E-state index in [0.717, 1.165) is 48.3 Å². The lowest BCUT2D eigenvalue weighted by molar-refractivity contribution is 0.649. The smallest absolute Gasteiger partial charge is 0.276 e. The molecule has 2 heterocycles. The number of rotatable bonds is 1. The minimum Gasteiger partial charge on any atom is -0.293 e. The first-order chi connectivity index (χ1) is 8.16. The molecule has 0 saturated carbocycles. The van der Waals surface area contributed by atoms with E-state index in [9.17, 15) is 4.79 Å². The van der Waals surface area contributed by atoms with E-state index in [0.29, 0.717) is 5.92 Å². The molecule has 0 atom stereocenters. The summed E-state index contributed by atoms with van der Waals surface area (Å²) in [4.78, 5) is 16.9. The van der Waals surface area contributed by atoms with Gasteiger partial charge in [0.1, 0.15) is 0 Å². The molecule has 4 nitrogen and oxygen atoms in total. The number of aromatic nitrogens is 3. The van der Waals surface area contributed by atoms with Crippen molar-refractivity contribution in [3.63, 3.8) is 0 Å². The highest BCUT2D eigenvalue weighted by atomic mass is 16.1. The van der Waals surface area contributed by atoms with Gasteiger partial charge in [0.25, 0.3) is 5.56 Å². The molecule has 1 aliphatic carbocycles. The molecule has 0 aliphatic heterocycles. The lowest BCUT2D eigenvalue weighted by Crippen LogP contribution is -2.24. The molecule has 0 aromatic carbocycles. The second kappa shape index (κ2) is 3.72. The van der Waals surface area contributed by atoms with Crippen LogP contribution in [-0.4, -0.2) is 14.6 Å². The third-order valence-corrected chi connectivity index (χ3v) is 3.53. The molecule has 0 unspecified atom stereocenters. The summed E-state index contributed by atoms with van der Waals surface area (Å²) < 4.78 is 1.60. The van der Waals surface area contributed by atoms with Gasteiger partial charge in [-0.2, -0.15) is 0 Å². The van der Waals surface area contributed by atoms with Crippen molar-refractivity contribution in [3.05, 3.63) is 33.4 Å². The van der Waals surface area contributed by atoms with Crippen LogP contribution in [0, 0.1) is 0 Å². The van der Waals surface area contributed by atoms with Crippen molar-refractivity contribution in [3.8, 4) is 0 Å². The summed E-state index contributed by atoms with van der Waals surface area (Å²) in [5.74, 6) is 0.383. The van der Waals surface area contributed by atoms with Crippen LogP contribution >= 0.6 is 0 Å². The van der Waals surface area contributed by atoms with E-state index in [-0.39, 0.29) is 5.56 Å². The predicted molar refractivity (Wildman–Crippen MR) is 66.5 cm³/mol. The number of nitrogens with zero attached hydrogens (tertiary/aromatic N) is 2. The Morgan fingerprint density at radius 2 is 2.12 bits per heavy atom. The van der Waals surface area contributed by atoms with Gasteiger partial charge in [-0.15, -0.1) is 0 Å². The van der Waals surface area contributed by atoms with E-state index >= 15 is 0 Å². The zero-order valence-corrected chi connectivity index (χ0v) is 10.3. The molecule has 90 valence electrons. The number of hydrogen-bond acceptors (Lipinski definition) is 2. The van der Waals surface area contributed by atoms with E-state index < -0.39 is 0 Å². The van der Waals surface area contributed by atoms with Gasteiger partial charge in [0.15, 0.2) is 5.65 Å². The molecule has 3 rings (SSSR count). The highest BCUT2D eigenvalue weighted by molar-refractivity contribution is 5.43. The molecule has 1 aliphatic rings. The Morgan fingerprint density at radius 3 is 2.88 bits per heavy atom. The van der Waals surface area contributed by atoms with Crippen LogP contribution in [0.3, 0.4) is 0 Å². The number of fused-ring (bicyclic) bond motifs is 2. The number of aryl methyl sites for hydroxylation is 1. The molecule has 0 amide bonds. The molecular formula is C13H17N3O. The van der Waals surface area contributed by atoms with Gasteiger partial charge in [0.05, 0.1) is 5.69 Å². The Hall–Kier alpha value is -1.58. The molecule has 4 heteroatoms. The van der Waals surface area contributed by atoms with Crippen LogP contribution in [0.2, 0.25) is 0 Å². The SMILES string of the molecule is CC(C)c1cc2nc3c(c(=O)n2[nH]1)CCCC3. The van der Waals surface area contributed by atoms with E-state index in [1.54, 1.807) is 4.52 Å².